The molecule has 2 nitrogen and oxygen atoms in total. The molecule has 0 aromatic heterocycles. The summed E-state index contributed by atoms with van der Waals surface area (Å²) in [5.74, 6) is 1.51. The van der Waals surface area contributed by atoms with Crippen molar-refractivity contribution in [1.82, 2.24) is 5.32 Å². The van der Waals surface area contributed by atoms with Crippen LogP contribution in [0.4, 0.5) is 0 Å². The second-order valence-corrected chi connectivity index (χ2v) is 4.01. The topological polar surface area (TPSA) is 32.3 Å². The summed E-state index contributed by atoms with van der Waals surface area (Å²) in [6, 6.07) is 7.39. The molecular weight excluding hydrogens is 170 g/mol. The van der Waals surface area contributed by atoms with Gasteiger partial charge in [-0.25, -0.2) is 0 Å². The average molecular weight is 181 g/mol. The molecule has 3 heteroatoms. The minimum atomic E-state index is 0.335. The third kappa shape index (κ3) is 1.57. The first-order chi connectivity index (χ1) is 5.86. The maximum absolute atomic E-state index is 9.07. The van der Waals surface area contributed by atoms with Crippen molar-refractivity contribution in [2.24, 2.45) is 0 Å². The van der Waals surface area contributed by atoms with E-state index in [2.05, 4.69) is 5.32 Å². The molecule has 1 atom stereocenters. The molecule has 0 saturated carbocycles. The molecule has 1 aromatic rings. The van der Waals surface area contributed by atoms with E-state index in [9.17, 15) is 0 Å². The number of benzene rings is 1. The zero-order chi connectivity index (χ0) is 8.39. The number of phenols is 1. The van der Waals surface area contributed by atoms with Crippen LogP contribution >= 0.6 is 11.8 Å². The molecule has 0 unspecified atom stereocenters. The first-order valence-corrected chi connectivity index (χ1v) is 5.05. The van der Waals surface area contributed by atoms with E-state index in [1.807, 2.05) is 23.9 Å². The Labute approximate surface area is 76.0 Å². The number of aromatic hydroxyl groups is 1. The van der Waals surface area contributed by atoms with Crippen LogP contribution in [0.5, 0.6) is 5.75 Å². The molecular formula is C9H11NOS. The van der Waals surface area contributed by atoms with Crippen LogP contribution in [0.3, 0.4) is 0 Å². The molecule has 1 saturated heterocycles. The van der Waals surface area contributed by atoms with Crippen LogP contribution in [0.2, 0.25) is 0 Å². The van der Waals surface area contributed by atoms with Gasteiger partial charge in [-0.05, 0) is 17.7 Å². The monoisotopic (exact) mass is 181 g/mol. The van der Waals surface area contributed by atoms with Gasteiger partial charge in [-0.1, -0.05) is 12.1 Å². The predicted molar refractivity (Wildman–Crippen MR) is 51.3 cm³/mol. The highest BCUT2D eigenvalue weighted by molar-refractivity contribution is 7.99. The van der Waals surface area contributed by atoms with Crippen LogP contribution in [-0.4, -0.2) is 17.4 Å². The Morgan fingerprint density at radius 1 is 1.33 bits per heavy atom. The van der Waals surface area contributed by atoms with Crippen molar-refractivity contribution in [1.29, 1.82) is 0 Å². The lowest BCUT2D eigenvalue weighted by Crippen LogP contribution is -2.11. The van der Waals surface area contributed by atoms with Crippen molar-refractivity contribution in [3.8, 4) is 5.75 Å². The predicted octanol–water partition coefficient (Wildman–Crippen LogP) is 1.73. The molecule has 0 aliphatic carbocycles. The number of rotatable bonds is 1. The molecule has 1 aliphatic rings. The van der Waals surface area contributed by atoms with Crippen molar-refractivity contribution in [2.45, 2.75) is 5.37 Å². The highest BCUT2D eigenvalue weighted by Gasteiger charge is 2.15. The zero-order valence-corrected chi connectivity index (χ0v) is 7.47. The second-order valence-electron chi connectivity index (χ2n) is 2.80. The largest absolute Gasteiger partial charge is 0.508 e. The van der Waals surface area contributed by atoms with E-state index in [-0.39, 0.29) is 0 Å². The van der Waals surface area contributed by atoms with Gasteiger partial charge >= 0.3 is 0 Å². The van der Waals surface area contributed by atoms with Gasteiger partial charge < -0.3 is 10.4 Å². The highest BCUT2D eigenvalue weighted by Crippen LogP contribution is 2.30. The van der Waals surface area contributed by atoms with Gasteiger partial charge in [0.2, 0.25) is 0 Å². The van der Waals surface area contributed by atoms with Crippen LogP contribution in [0, 0.1) is 0 Å². The molecule has 12 heavy (non-hydrogen) atoms. The molecule has 0 amide bonds. The molecule has 2 rings (SSSR count). The summed E-state index contributed by atoms with van der Waals surface area (Å²) in [5.41, 5.74) is 1.25. The van der Waals surface area contributed by atoms with E-state index in [1.165, 1.54) is 11.3 Å². The number of hydrogen-bond donors (Lipinski definition) is 2. The van der Waals surface area contributed by atoms with Crippen molar-refractivity contribution in [2.75, 3.05) is 12.3 Å². The summed E-state index contributed by atoms with van der Waals surface area (Å²) in [7, 11) is 0. The van der Waals surface area contributed by atoms with Gasteiger partial charge in [0.15, 0.2) is 0 Å². The molecule has 1 aromatic carbocycles. The van der Waals surface area contributed by atoms with E-state index in [4.69, 9.17) is 5.11 Å². The van der Waals surface area contributed by atoms with Crippen molar-refractivity contribution in [3.05, 3.63) is 29.8 Å². The number of nitrogens with one attached hydrogen (secondary N) is 1. The maximum atomic E-state index is 9.07. The van der Waals surface area contributed by atoms with Crippen molar-refractivity contribution < 1.29 is 5.11 Å². The van der Waals surface area contributed by atoms with E-state index in [1.54, 1.807) is 12.1 Å². The van der Waals surface area contributed by atoms with Crippen molar-refractivity contribution >= 4 is 11.8 Å². The van der Waals surface area contributed by atoms with Crippen LogP contribution in [0.15, 0.2) is 24.3 Å². The van der Waals surface area contributed by atoms with E-state index in [0.29, 0.717) is 11.1 Å². The van der Waals surface area contributed by atoms with Gasteiger partial charge in [-0.3, -0.25) is 0 Å². The Balaban J connectivity index is 2.17. The number of thioether (sulfide) groups is 1. The van der Waals surface area contributed by atoms with Crippen LogP contribution in [-0.2, 0) is 0 Å². The minimum absolute atomic E-state index is 0.335. The number of hydrogen-bond acceptors (Lipinski definition) is 3. The van der Waals surface area contributed by atoms with Gasteiger partial charge in [-0.2, -0.15) is 0 Å². The quantitative estimate of drug-likeness (QED) is 0.692. The van der Waals surface area contributed by atoms with Gasteiger partial charge in [0.25, 0.3) is 0 Å². The maximum Gasteiger partial charge on any atom is 0.115 e. The summed E-state index contributed by atoms with van der Waals surface area (Å²) in [4.78, 5) is 0. The van der Waals surface area contributed by atoms with Gasteiger partial charge in [0, 0.05) is 12.3 Å². The molecule has 2 N–H and O–H groups in total. The fourth-order valence-electron chi connectivity index (χ4n) is 1.29. The van der Waals surface area contributed by atoms with Gasteiger partial charge in [0.1, 0.15) is 5.75 Å². The third-order valence-corrected chi connectivity index (χ3v) is 3.12. The lowest BCUT2D eigenvalue weighted by atomic mass is 10.2. The average Bonchev–Trinajstić information content (AvgIpc) is 2.58. The first kappa shape index (κ1) is 7.95. The molecule has 1 fully saturated rings. The van der Waals surface area contributed by atoms with E-state index in [0.717, 1.165) is 6.54 Å². The molecule has 0 radical (unpaired) electrons. The van der Waals surface area contributed by atoms with Gasteiger partial charge in [-0.15, -0.1) is 11.8 Å². The molecule has 64 valence electrons. The Hall–Kier alpha value is -0.670. The normalized spacial score (nSPS) is 22.8. The van der Waals surface area contributed by atoms with Crippen LogP contribution < -0.4 is 5.32 Å². The minimum Gasteiger partial charge on any atom is -0.508 e. The van der Waals surface area contributed by atoms with Gasteiger partial charge in [0.05, 0.1) is 5.37 Å². The summed E-state index contributed by atoms with van der Waals surface area (Å²) < 4.78 is 0. The Morgan fingerprint density at radius 3 is 2.67 bits per heavy atom. The highest BCUT2D eigenvalue weighted by atomic mass is 32.2. The van der Waals surface area contributed by atoms with Crippen LogP contribution in [0.25, 0.3) is 0 Å². The van der Waals surface area contributed by atoms with Crippen molar-refractivity contribution in [3.63, 3.8) is 0 Å². The Kier molecular flexibility index (Phi) is 2.23. The fourth-order valence-corrected chi connectivity index (χ4v) is 2.35. The lowest BCUT2D eigenvalue weighted by Gasteiger charge is -2.08. The first-order valence-electron chi connectivity index (χ1n) is 4.00. The fraction of sp³-hybridized carbons (Fsp3) is 0.333. The van der Waals surface area contributed by atoms with Crippen LogP contribution in [0.1, 0.15) is 10.9 Å². The molecule has 1 aliphatic heterocycles. The lowest BCUT2D eigenvalue weighted by molar-refractivity contribution is 0.475. The summed E-state index contributed by atoms with van der Waals surface area (Å²) in [6.45, 7) is 1.08. The molecule has 1 heterocycles. The smallest absolute Gasteiger partial charge is 0.115 e. The number of phenolic OH excluding ortho intramolecular Hbond substituents is 1. The summed E-state index contributed by atoms with van der Waals surface area (Å²) in [5, 5.41) is 12.9. The molecule has 0 spiro atoms. The third-order valence-electron chi connectivity index (χ3n) is 1.91. The molecule has 0 bridgehead atoms. The van der Waals surface area contributed by atoms with E-state index < -0.39 is 0 Å². The Bertz CT molecular complexity index is 254. The second kappa shape index (κ2) is 3.37. The van der Waals surface area contributed by atoms with E-state index >= 15 is 0 Å². The standard InChI is InChI=1S/C9H11NOS/c11-8-3-1-7(2-4-8)9-10-5-6-12-9/h1-4,9-11H,5-6H2/t9-/m1/s1. The summed E-state index contributed by atoms with van der Waals surface area (Å²) >= 11 is 1.91. The SMILES string of the molecule is Oc1ccc([C@@H]2NCCS2)cc1. The summed E-state index contributed by atoms with van der Waals surface area (Å²) in [6.07, 6.45) is 0. The Morgan fingerprint density at radius 2 is 2.08 bits per heavy atom. The zero-order valence-electron chi connectivity index (χ0n) is 6.66.